The minimum atomic E-state index is -0.651. The summed E-state index contributed by atoms with van der Waals surface area (Å²) < 4.78 is 0. The van der Waals surface area contributed by atoms with Crippen LogP contribution in [0, 0.1) is 0 Å². The number of benzene rings is 4. The molecule has 7 rings (SSSR count). The Bertz CT molecular complexity index is 1190. The van der Waals surface area contributed by atoms with Crippen LogP contribution in [0.1, 0.15) is 55.2 Å². The number of hydrogen-bond donors (Lipinski definition) is 1. The molecule has 0 aromatic heterocycles. The van der Waals surface area contributed by atoms with Gasteiger partial charge in [0.25, 0.3) is 0 Å². The molecule has 0 aliphatic heterocycles. The quantitative estimate of drug-likeness (QED) is 0.412. The predicted octanol–water partition coefficient (Wildman–Crippen LogP) is 5.39. The highest BCUT2D eigenvalue weighted by Gasteiger charge is 2.53. The summed E-state index contributed by atoms with van der Waals surface area (Å²) in [6, 6.07) is 31.0. The number of para-hydroxylation sites is 1. The molecule has 138 valence electrons. The fourth-order valence-corrected chi connectivity index (χ4v) is 5.60. The van der Waals surface area contributed by atoms with E-state index in [-0.39, 0.29) is 11.7 Å². The van der Waals surface area contributed by atoms with E-state index in [0.29, 0.717) is 5.56 Å². The molecule has 2 heteroatoms. The lowest BCUT2D eigenvalue weighted by Gasteiger charge is -2.51. The summed E-state index contributed by atoms with van der Waals surface area (Å²) >= 11 is 0. The van der Waals surface area contributed by atoms with Gasteiger partial charge in [-0.3, -0.25) is 4.79 Å². The van der Waals surface area contributed by atoms with E-state index in [1.807, 2.05) is 12.1 Å². The maximum Gasteiger partial charge on any atom is 0.153 e. The Morgan fingerprint density at radius 1 is 0.621 bits per heavy atom. The highest BCUT2D eigenvalue weighted by molar-refractivity contribution is 5.84. The molecule has 29 heavy (non-hydrogen) atoms. The second-order valence-electron chi connectivity index (χ2n) is 7.81. The minimum absolute atomic E-state index is 0.0576. The molecule has 0 saturated heterocycles. The van der Waals surface area contributed by atoms with Crippen molar-refractivity contribution in [1.82, 2.24) is 0 Å². The van der Waals surface area contributed by atoms with Gasteiger partial charge in [-0.1, -0.05) is 84.9 Å². The minimum Gasteiger partial charge on any atom is -0.507 e. The lowest BCUT2D eigenvalue weighted by molar-refractivity contribution is 0.112. The van der Waals surface area contributed by atoms with Crippen LogP contribution < -0.4 is 0 Å². The number of aromatic hydroxyl groups is 1. The molecule has 4 aromatic carbocycles. The molecule has 1 N–H and O–H groups in total. The fraction of sp³-hybridized carbons (Fsp3) is 0.0741. The van der Waals surface area contributed by atoms with E-state index < -0.39 is 5.41 Å². The molecular weight excluding hydrogens is 356 g/mol. The Morgan fingerprint density at radius 2 is 1.07 bits per heavy atom. The van der Waals surface area contributed by atoms with Crippen molar-refractivity contribution >= 4 is 6.29 Å². The normalized spacial score (nSPS) is 20.5. The first kappa shape index (κ1) is 16.3. The van der Waals surface area contributed by atoms with Gasteiger partial charge in [0, 0.05) is 11.5 Å². The number of rotatable bonds is 2. The zero-order valence-electron chi connectivity index (χ0n) is 15.7. The van der Waals surface area contributed by atoms with E-state index in [1.165, 1.54) is 33.4 Å². The molecule has 0 unspecified atom stereocenters. The van der Waals surface area contributed by atoms with Crippen LogP contribution in [0.3, 0.4) is 0 Å². The van der Waals surface area contributed by atoms with Gasteiger partial charge < -0.3 is 5.11 Å². The molecule has 4 aromatic rings. The Balaban J connectivity index is 1.87. The molecule has 3 aliphatic carbocycles. The maximum absolute atomic E-state index is 11.6. The SMILES string of the molecule is O=Cc1cccc(C23c4ccccc4C(c4ccccc42)c2ccccc23)c1O. The molecule has 0 atom stereocenters. The molecule has 0 heterocycles. The van der Waals surface area contributed by atoms with Crippen LogP contribution in [0.5, 0.6) is 5.75 Å². The van der Waals surface area contributed by atoms with Crippen molar-refractivity contribution in [2.24, 2.45) is 0 Å². The van der Waals surface area contributed by atoms with Crippen LogP contribution in [0.15, 0.2) is 91.0 Å². The number of phenols is 1. The van der Waals surface area contributed by atoms with Crippen LogP contribution in [-0.2, 0) is 5.41 Å². The Hall–Kier alpha value is -3.65. The monoisotopic (exact) mass is 374 g/mol. The van der Waals surface area contributed by atoms with Crippen molar-refractivity contribution in [3.63, 3.8) is 0 Å². The first-order valence-corrected chi connectivity index (χ1v) is 9.84. The van der Waals surface area contributed by atoms with E-state index in [2.05, 4.69) is 72.8 Å². The van der Waals surface area contributed by atoms with Gasteiger partial charge in [-0.2, -0.15) is 0 Å². The fourth-order valence-electron chi connectivity index (χ4n) is 5.60. The average molecular weight is 374 g/mol. The standard InChI is InChI=1S/C27H18O2/c28-16-17-8-7-15-24(26(17)29)27-21-12-4-1-9-18(21)25(19-10-2-5-13-22(19)27)20-11-3-6-14-23(20)27/h1-16,25,29H. The second-order valence-corrected chi connectivity index (χ2v) is 7.81. The zero-order chi connectivity index (χ0) is 19.6. The molecule has 0 saturated carbocycles. The number of hydrogen-bond acceptors (Lipinski definition) is 2. The third-order valence-electron chi connectivity index (χ3n) is 6.63. The Kier molecular flexibility index (Phi) is 3.20. The summed E-state index contributed by atoms with van der Waals surface area (Å²) in [4.78, 5) is 11.6. The van der Waals surface area contributed by atoms with E-state index >= 15 is 0 Å². The largest absolute Gasteiger partial charge is 0.507 e. The van der Waals surface area contributed by atoms with Crippen molar-refractivity contribution in [2.75, 3.05) is 0 Å². The molecule has 2 bridgehead atoms. The first-order chi connectivity index (χ1) is 14.3. The van der Waals surface area contributed by atoms with Crippen molar-refractivity contribution in [3.8, 4) is 5.75 Å². The Labute approximate surface area is 169 Å². The average Bonchev–Trinajstić information content (AvgIpc) is 2.79. The van der Waals surface area contributed by atoms with E-state index in [1.54, 1.807) is 6.07 Å². The van der Waals surface area contributed by atoms with Crippen LogP contribution in [-0.4, -0.2) is 11.4 Å². The lowest BCUT2D eigenvalue weighted by Crippen LogP contribution is -2.43. The van der Waals surface area contributed by atoms with Gasteiger partial charge in [0.2, 0.25) is 0 Å². The van der Waals surface area contributed by atoms with Gasteiger partial charge in [-0.25, -0.2) is 0 Å². The van der Waals surface area contributed by atoms with Crippen LogP contribution >= 0.6 is 0 Å². The van der Waals surface area contributed by atoms with Crippen LogP contribution in [0.4, 0.5) is 0 Å². The number of carbonyl (C=O) groups excluding carboxylic acids is 1. The predicted molar refractivity (Wildman–Crippen MR) is 113 cm³/mol. The van der Waals surface area contributed by atoms with E-state index in [0.717, 1.165) is 11.8 Å². The van der Waals surface area contributed by atoms with Gasteiger partial charge in [0.15, 0.2) is 6.29 Å². The molecule has 0 radical (unpaired) electrons. The van der Waals surface area contributed by atoms with Crippen molar-refractivity contribution in [1.29, 1.82) is 0 Å². The number of carbonyl (C=O) groups is 1. The lowest BCUT2D eigenvalue weighted by atomic mass is 9.50. The van der Waals surface area contributed by atoms with Crippen molar-refractivity contribution in [2.45, 2.75) is 11.3 Å². The highest BCUT2D eigenvalue weighted by atomic mass is 16.3. The summed E-state index contributed by atoms with van der Waals surface area (Å²) in [5.41, 5.74) is 7.76. The summed E-state index contributed by atoms with van der Waals surface area (Å²) in [5.74, 6) is 0.235. The first-order valence-electron chi connectivity index (χ1n) is 9.84. The van der Waals surface area contributed by atoms with Gasteiger partial charge >= 0.3 is 0 Å². The summed E-state index contributed by atoms with van der Waals surface area (Å²) in [6.07, 6.45) is 0.730. The summed E-state index contributed by atoms with van der Waals surface area (Å²) in [7, 11) is 0. The second kappa shape index (κ2) is 5.68. The molecule has 0 fully saturated rings. The molecule has 0 amide bonds. The Morgan fingerprint density at radius 3 is 1.55 bits per heavy atom. The molecule has 0 spiro atoms. The van der Waals surface area contributed by atoms with E-state index in [9.17, 15) is 9.90 Å². The summed E-state index contributed by atoms with van der Waals surface area (Å²) in [5, 5.41) is 11.2. The van der Waals surface area contributed by atoms with Crippen molar-refractivity contribution in [3.05, 3.63) is 136 Å². The maximum atomic E-state index is 11.6. The molecular formula is C27H18O2. The van der Waals surface area contributed by atoms with Gasteiger partial charge in [0.05, 0.1) is 11.0 Å². The third-order valence-corrected chi connectivity index (χ3v) is 6.63. The van der Waals surface area contributed by atoms with Gasteiger partial charge in [-0.15, -0.1) is 0 Å². The van der Waals surface area contributed by atoms with Crippen molar-refractivity contribution < 1.29 is 9.90 Å². The number of aldehydes is 1. The van der Waals surface area contributed by atoms with E-state index in [4.69, 9.17) is 0 Å². The molecule has 3 aliphatic rings. The zero-order valence-corrected chi connectivity index (χ0v) is 15.7. The number of phenolic OH excluding ortho intramolecular Hbond substituents is 1. The smallest absolute Gasteiger partial charge is 0.153 e. The van der Waals surface area contributed by atoms with Crippen LogP contribution in [0.25, 0.3) is 0 Å². The van der Waals surface area contributed by atoms with Crippen LogP contribution in [0.2, 0.25) is 0 Å². The highest BCUT2D eigenvalue weighted by Crippen LogP contribution is 2.62. The van der Waals surface area contributed by atoms with Gasteiger partial charge in [-0.05, 0) is 39.4 Å². The summed E-state index contributed by atoms with van der Waals surface area (Å²) in [6.45, 7) is 0. The topological polar surface area (TPSA) is 37.3 Å². The third kappa shape index (κ3) is 1.84. The molecule has 2 nitrogen and oxygen atoms in total. The van der Waals surface area contributed by atoms with Gasteiger partial charge in [0.1, 0.15) is 5.75 Å².